The van der Waals surface area contributed by atoms with Crippen LogP contribution in [0.3, 0.4) is 0 Å². The van der Waals surface area contributed by atoms with Crippen molar-refractivity contribution in [3.63, 3.8) is 0 Å². The van der Waals surface area contributed by atoms with Crippen LogP contribution in [-0.2, 0) is 4.79 Å². The molecule has 23 heavy (non-hydrogen) atoms. The minimum absolute atomic E-state index is 0.0330. The van der Waals surface area contributed by atoms with Gasteiger partial charge >= 0.3 is 0 Å². The number of rotatable bonds is 7. The second-order valence-electron chi connectivity index (χ2n) is 4.36. The minimum atomic E-state index is -0.739. The van der Waals surface area contributed by atoms with Gasteiger partial charge in [0.05, 0.1) is 11.6 Å². The SMILES string of the molecule is CCOc1cc(-c2n[nH]nc2C(N)=O)cc(Cl)c1OCC(N)=O. The fraction of sp³-hybridized carbons (Fsp3) is 0.231. The van der Waals surface area contributed by atoms with Crippen molar-refractivity contribution in [2.75, 3.05) is 13.2 Å². The van der Waals surface area contributed by atoms with Crippen molar-refractivity contribution in [2.45, 2.75) is 6.92 Å². The predicted molar refractivity (Wildman–Crippen MR) is 81.2 cm³/mol. The third kappa shape index (κ3) is 3.69. The standard InChI is InChI=1S/C13H14ClN5O4/c1-2-22-8-4-6(10-11(13(16)21)18-19-17-10)3-7(14)12(8)23-5-9(15)20/h3-4H,2,5H2,1H3,(H2,15,20)(H2,16,21)(H,17,18,19). The average Bonchev–Trinajstić information content (AvgIpc) is 2.95. The first-order chi connectivity index (χ1) is 10.9. The van der Waals surface area contributed by atoms with Gasteiger partial charge in [-0.15, -0.1) is 0 Å². The molecule has 0 bridgehead atoms. The highest BCUT2D eigenvalue weighted by Gasteiger charge is 2.20. The number of carbonyl (C=O) groups excluding carboxylic acids is 2. The van der Waals surface area contributed by atoms with Crippen LogP contribution >= 0.6 is 11.6 Å². The summed E-state index contributed by atoms with van der Waals surface area (Å²) in [4.78, 5) is 22.2. The highest BCUT2D eigenvalue weighted by Crippen LogP contribution is 2.39. The number of primary amides is 2. The summed E-state index contributed by atoms with van der Waals surface area (Å²) in [7, 11) is 0. The Balaban J connectivity index is 2.49. The van der Waals surface area contributed by atoms with Crippen LogP contribution in [0, 0.1) is 0 Å². The number of nitrogens with one attached hydrogen (secondary N) is 1. The number of H-pyrrole nitrogens is 1. The van der Waals surface area contributed by atoms with E-state index in [1.54, 1.807) is 13.0 Å². The summed E-state index contributed by atoms with van der Waals surface area (Å²) < 4.78 is 10.7. The zero-order valence-electron chi connectivity index (χ0n) is 12.1. The molecule has 0 aliphatic carbocycles. The van der Waals surface area contributed by atoms with Gasteiger partial charge in [0.2, 0.25) is 0 Å². The van der Waals surface area contributed by atoms with Gasteiger partial charge in [-0.25, -0.2) is 0 Å². The van der Waals surface area contributed by atoms with Crippen molar-refractivity contribution >= 4 is 23.4 Å². The molecule has 1 aromatic heterocycles. The molecule has 0 saturated heterocycles. The number of aromatic nitrogens is 3. The van der Waals surface area contributed by atoms with Gasteiger partial charge in [0, 0.05) is 5.56 Å². The molecule has 0 aliphatic rings. The van der Waals surface area contributed by atoms with Gasteiger partial charge in [0.1, 0.15) is 5.69 Å². The quantitative estimate of drug-likeness (QED) is 0.668. The predicted octanol–water partition coefficient (Wildman–Crippen LogP) is 0.487. The molecule has 2 aromatic rings. The Bertz CT molecular complexity index is 746. The van der Waals surface area contributed by atoms with Gasteiger partial charge < -0.3 is 20.9 Å². The van der Waals surface area contributed by atoms with Crippen LogP contribution in [0.2, 0.25) is 5.02 Å². The first-order valence-corrected chi connectivity index (χ1v) is 6.90. The zero-order chi connectivity index (χ0) is 17.0. The molecule has 0 saturated carbocycles. The van der Waals surface area contributed by atoms with E-state index in [2.05, 4.69) is 15.4 Å². The fourth-order valence-electron chi connectivity index (χ4n) is 1.85. The molecule has 122 valence electrons. The van der Waals surface area contributed by atoms with E-state index in [-0.39, 0.29) is 34.5 Å². The lowest BCUT2D eigenvalue weighted by molar-refractivity contribution is -0.119. The Labute approximate surface area is 135 Å². The van der Waals surface area contributed by atoms with Crippen molar-refractivity contribution in [1.82, 2.24) is 15.4 Å². The normalized spacial score (nSPS) is 10.3. The topological polar surface area (TPSA) is 146 Å². The first-order valence-electron chi connectivity index (χ1n) is 6.52. The van der Waals surface area contributed by atoms with Gasteiger partial charge in [-0.1, -0.05) is 11.6 Å². The second-order valence-corrected chi connectivity index (χ2v) is 4.77. The summed E-state index contributed by atoms with van der Waals surface area (Å²) in [5, 5.41) is 10.1. The van der Waals surface area contributed by atoms with Gasteiger partial charge in [0.15, 0.2) is 23.8 Å². The van der Waals surface area contributed by atoms with Gasteiger partial charge in [-0.05, 0) is 19.1 Å². The summed E-state index contributed by atoms with van der Waals surface area (Å²) >= 11 is 6.17. The third-order valence-electron chi connectivity index (χ3n) is 2.72. The molecule has 0 aliphatic heterocycles. The largest absolute Gasteiger partial charge is 0.490 e. The Morgan fingerprint density at radius 3 is 2.61 bits per heavy atom. The Hall–Kier alpha value is -2.81. The maximum Gasteiger partial charge on any atom is 0.271 e. The van der Waals surface area contributed by atoms with Crippen LogP contribution < -0.4 is 20.9 Å². The van der Waals surface area contributed by atoms with Gasteiger partial charge in [-0.3, -0.25) is 9.59 Å². The molecule has 2 rings (SSSR count). The summed E-state index contributed by atoms with van der Waals surface area (Å²) in [5.41, 5.74) is 10.9. The number of carbonyl (C=O) groups is 2. The zero-order valence-corrected chi connectivity index (χ0v) is 12.9. The fourth-order valence-corrected chi connectivity index (χ4v) is 2.12. The first kappa shape index (κ1) is 16.6. The molecule has 10 heteroatoms. The van der Waals surface area contributed by atoms with Crippen LogP contribution in [0.25, 0.3) is 11.3 Å². The average molecular weight is 340 g/mol. The van der Waals surface area contributed by atoms with Gasteiger partial charge in [-0.2, -0.15) is 15.4 Å². The van der Waals surface area contributed by atoms with Crippen molar-refractivity contribution in [2.24, 2.45) is 11.5 Å². The van der Waals surface area contributed by atoms with Crippen LogP contribution in [0.15, 0.2) is 12.1 Å². The smallest absolute Gasteiger partial charge is 0.271 e. The van der Waals surface area contributed by atoms with Crippen molar-refractivity contribution in [3.05, 3.63) is 22.8 Å². The number of benzene rings is 1. The molecular weight excluding hydrogens is 326 g/mol. The van der Waals surface area contributed by atoms with Crippen LogP contribution in [0.4, 0.5) is 0 Å². The monoisotopic (exact) mass is 339 g/mol. The van der Waals surface area contributed by atoms with Crippen molar-refractivity contribution in [3.8, 4) is 22.8 Å². The molecule has 1 aromatic carbocycles. The number of aromatic amines is 1. The molecule has 9 nitrogen and oxygen atoms in total. The number of ether oxygens (including phenoxy) is 2. The molecule has 0 atom stereocenters. The van der Waals surface area contributed by atoms with E-state index in [4.69, 9.17) is 32.5 Å². The number of amides is 2. The van der Waals surface area contributed by atoms with E-state index >= 15 is 0 Å². The van der Waals surface area contributed by atoms with E-state index < -0.39 is 11.8 Å². The molecule has 0 spiro atoms. The summed E-state index contributed by atoms with van der Waals surface area (Å²) in [6.07, 6.45) is 0. The highest BCUT2D eigenvalue weighted by atomic mass is 35.5. The maximum absolute atomic E-state index is 11.4. The molecule has 2 amide bonds. The van der Waals surface area contributed by atoms with E-state index in [9.17, 15) is 9.59 Å². The van der Waals surface area contributed by atoms with Crippen LogP contribution in [-0.4, -0.2) is 40.4 Å². The summed E-state index contributed by atoms with van der Waals surface area (Å²) in [6, 6.07) is 3.04. The van der Waals surface area contributed by atoms with Crippen molar-refractivity contribution < 1.29 is 19.1 Å². The number of nitrogens with two attached hydrogens (primary N) is 2. The van der Waals surface area contributed by atoms with E-state index in [1.807, 2.05) is 0 Å². The second kappa shape index (κ2) is 6.97. The van der Waals surface area contributed by atoms with Crippen molar-refractivity contribution in [1.29, 1.82) is 0 Å². The Kier molecular flexibility index (Phi) is 5.02. The number of halogens is 1. The Morgan fingerprint density at radius 1 is 1.26 bits per heavy atom. The number of nitrogens with zero attached hydrogens (tertiary/aromatic N) is 2. The molecular formula is C13H14ClN5O4. The lowest BCUT2D eigenvalue weighted by Crippen LogP contribution is -2.20. The lowest BCUT2D eigenvalue weighted by Gasteiger charge is -2.14. The molecule has 0 unspecified atom stereocenters. The number of hydrogen-bond donors (Lipinski definition) is 3. The highest BCUT2D eigenvalue weighted by molar-refractivity contribution is 6.32. The molecule has 0 fully saturated rings. The Morgan fingerprint density at radius 2 is 2.00 bits per heavy atom. The van der Waals surface area contributed by atoms with Crippen LogP contribution in [0.5, 0.6) is 11.5 Å². The number of hydrogen-bond acceptors (Lipinski definition) is 6. The third-order valence-corrected chi connectivity index (χ3v) is 3.00. The van der Waals surface area contributed by atoms with E-state index in [0.717, 1.165) is 0 Å². The molecule has 5 N–H and O–H groups in total. The van der Waals surface area contributed by atoms with E-state index in [1.165, 1.54) is 6.07 Å². The summed E-state index contributed by atoms with van der Waals surface area (Å²) in [6.45, 7) is 1.74. The van der Waals surface area contributed by atoms with E-state index in [0.29, 0.717) is 12.2 Å². The molecule has 0 radical (unpaired) electrons. The minimum Gasteiger partial charge on any atom is -0.490 e. The lowest BCUT2D eigenvalue weighted by atomic mass is 10.1. The maximum atomic E-state index is 11.4. The molecule has 1 heterocycles. The summed E-state index contributed by atoms with van der Waals surface area (Å²) in [5.74, 6) is -0.952. The van der Waals surface area contributed by atoms with Crippen LogP contribution in [0.1, 0.15) is 17.4 Å². The van der Waals surface area contributed by atoms with Gasteiger partial charge in [0.25, 0.3) is 11.8 Å².